The summed E-state index contributed by atoms with van der Waals surface area (Å²) in [6.45, 7) is 6.40. The van der Waals surface area contributed by atoms with Gasteiger partial charge in [-0.3, -0.25) is 4.98 Å². The normalized spacial score (nSPS) is 26.3. The van der Waals surface area contributed by atoms with E-state index in [1.54, 1.807) is 13.3 Å². The molecule has 2 atom stereocenters. The third kappa shape index (κ3) is 4.75. The Morgan fingerprint density at radius 2 is 1.87 bits per heavy atom. The summed E-state index contributed by atoms with van der Waals surface area (Å²) in [5.41, 5.74) is 1.62. The second-order valence-electron chi connectivity index (χ2n) is 9.42. The van der Waals surface area contributed by atoms with Crippen LogP contribution < -0.4 is 9.47 Å². The van der Waals surface area contributed by atoms with Gasteiger partial charge in [0.15, 0.2) is 0 Å². The first kappa shape index (κ1) is 21.0. The lowest BCUT2D eigenvalue weighted by atomic mass is 9.73. The Morgan fingerprint density at radius 1 is 1.10 bits per heavy atom. The summed E-state index contributed by atoms with van der Waals surface area (Å²) in [6, 6.07) is 4.01. The molecule has 2 aromatic rings. The van der Waals surface area contributed by atoms with E-state index in [0.717, 1.165) is 60.8 Å². The molecule has 30 heavy (non-hydrogen) atoms. The lowest BCUT2D eigenvalue weighted by molar-refractivity contribution is -0.00168. The molecule has 4 rings (SSSR count). The Kier molecular flexibility index (Phi) is 5.96. The van der Waals surface area contributed by atoms with Gasteiger partial charge in [0.05, 0.1) is 25.5 Å². The molecular weight excluding hydrogens is 378 g/mol. The van der Waals surface area contributed by atoms with E-state index in [4.69, 9.17) is 9.47 Å². The molecule has 2 aliphatic rings. The molecule has 6 heteroatoms. The van der Waals surface area contributed by atoms with Crippen molar-refractivity contribution in [3.8, 4) is 11.6 Å². The smallest absolute Gasteiger partial charge is 0.220 e. The van der Waals surface area contributed by atoms with Gasteiger partial charge in [-0.05, 0) is 76.8 Å². The van der Waals surface area contributed by atoms with Crippen molar-refractivity contribution < 1.29 is 14.6 Å². The van der Waals surface area contributed by atoms with Crippen molar-refractivity contribution in [2.75, 3.05) is 13.7 Å². The topological polar surface area (TPSA) is 77.4 Å². The van der Waals surface area contributed by atoms with Crippen LogP contribution in [0, 0.1) is 18.8 Å². The van der Waals surface area contributed by atoms with Crippen LogP contribution in [-0.2, 0) is 0 Å². The number of pyridine rings is 1. The molecule has 2 saturated carbocycles. The predicted octanol–water partition coefficient (Wildman–Crippen LogP) is 4.42. The number of aromatic nitrogens is 3. The van der Waals surface area contributed by atoms with Crippen LogP contribution in [0.5, 0.6) is 11.6 Å². The Balaban J connectivity index is 1.37. The maximum Gasteiger partial charge on any atom is 0.220 e. The van der Waals surface area contributed by atoms with Crippen LogP contribution in [0.4, 0.5) is 0 Å². The largest absolute Gasteiger partial charge is 0.495 e. The lowest BCUT2D eigenvalue weighted by Crippen LogP contribution is -2.33. The quantitative estimate of drug-likeness (QED) is 0.727. The fourth-order valence-corrected chi connectivity index (χ4v) is 4.68. The summed E-state index contributed by atoms with van der Waals surface area (Å²) in [5, 5.41) is 10.3. The van der Waals surface area contributed by atoms with Crippen molar-refractivity contribution >= 4 is 0 Å². The molecule has 0 aromatic carbocycles. The molecule has 0 spiro atoms. The molecule has 0 aliphatic heterocycles. The molecule has 0 radical (unpaired) electrons. The van der Waals surface area contributed by atoms with Crippen molar-refractivity contribution in [1.82, 2.24) is 15.0 Å². The summed E-state index contributed by atoms with van der Waals surface area (Å²) >= 11 is 0. The molecule has 1 unspecified atom stereocenters. The molecule has 0 amide bonds. The fraction of sp³-hybridized carbons (Fsp3) is 0.625. The van der Waals surface area contributed by atoms with Gasteiger partial charge in [-0.25, -0.2) is 4.98 Å². The van der Waals surface area contributed by atoms with Gasteiger partial charge in [0, 0.05) is 29.3 Å². The van der Waals surface area contributed by atoms with E-state index in [0.29, 0.717) is 30.3 Å². The van der Waals surface area contributed by atoms with Crippen molar-refractivity contribution in [1.29, 1.82) is 0 Å². The van der Waals surface area contributed by atoms with E-state index < -0.39 is 5.60 Å². The van der Waals surface area contributed by atoms with Gasteiger partial charge in [-0.1, -0.05) is 0 Å². The van der Waals surface area contributed by atoms with E-state index in [-0.39, 0.29) is 0 Å². The maximum absolute atomic E-state index is 10.3. The van der Waals surface area contributed by atoms with Crippen molar-refractivity contribution in [3.63, 3.8) is 0 Å². The van der Waals surface area contributed by atoms with Crippen LogP contribution in [-0.4, -0.2) is 39.4 Å². The molecule has 0 bridgehead atoms. The minimum Gasteiger partial charge on any atom is -0.495 e. The zero-order chi connectivity index (χ0) is 21.3. The van der Waals surface area contributed by atoms with Crippen LogP contribution in [0.1, 0.15) is 74.9 Å². The van der Waals surface area contributed by atoms with E-state index in [2.05, 4.69) is 15.0 Å². The SMILES string of the molecule is COc1ccc([C@@H]2CC2COc2nc(C)ncc2C2CCC(C(C)(C)O)CC2)nc1. The Labute approximate surface area is 179 Å². The Bertz CT molecular complexity index is 855. The molecule has 2 aromatic heterocycles. The molecule has 0 saturated heterocycles. The first-order chi connectivity index (χ1) is 14.3. The average molecular weight is 412 g/mol. The third-order valence-corrected chi connectivity index (χ3v) is 6.80. The van der Waals surface area contributed by atoms with Gasteiger partial charge in [-0.15, -0.1) is 0 Å². The minimum absolute atomic E-state index is 0.355. The number of hydrogen-bond donors (Lipinski definition) is 1. The molecule has 2 heterocycles. The van der Waals surface area contributed by atoms with Gasteiger partial charge >= 0.3 is 0 Å². The van der Waals surface area contributed by atoms with Gasteiger partial charge in [-0.2, -0.15) is 4.98 Å². The third-order valence-electron chi connectivity index (χ3n) is 6.80. The van der Waals surface area contributed by atoms with E-state index in [1.165, 1.54) is 0 Å². The molecule has 162 valence electrons. The first-order valence-electron chi connectivity index (χ1n) is 11.0. The number of rotatable bonds is 7. The van der Waals surface area contributed by atoms with Crippen LogP contribution >= 0.6 is 0 Å². The highest BCUT2D eigenvalue weighted by Crippen LogP contribution is 2.47. The van der Waals surface area contributed by atoms with Gasteiger partial charge in [0.1, 0.15) is 11.6 Å². The second-order valence-corrected chi connectivity index (χ2v) is 9.42. The van der Waals surface area contributed by atoms with Crippen molar-refractivity contribution in [3.05, 3.63) is 41.6 Å². The van der Waals surface area contributed by atoms with Gasteiger partial charge in [0.25, 0.3) is 0 Å². The van der Waals surface area contributed by atoms with E-state index in [9.17, 15) is 5.11 Å². The van der Waals surface area contributed by atoms with E-state index in [1.807, 2.05) is 39.1 Å². The highest BCUT2D eigenvalue weighted by molar-refractivity contribution is 5.29. The number of aliphatic hydroxyl groups is 1. The Morgan fingerprint density at radius 3 is 2.50 bits per heavy atom. The summed E-state index contributed by atoms with van der Waals surface area (Å²) < 4.78 is 11.4. The first-order valence-corrected chi connectivity index (χ1v) is 11.0. The number of aryl methyl sites for hydroxylation is 1. The average Bonchev–Trinajstić information content (AvgIpc) is 3.51. The fourth-order valence-electron chi connectivity index (χ4n) is 4.68. The molecular formula is C24H33N3O3. The molecule has 2 aliphatic carbocycles. The summed E-state index contributed by atoms with van der Waals surface area (Å²) in [4.78, 5) is 13.6. The number of hydrogen-bond acceptors (Lipinski definition) is 6. The number of nitrogens with zero attached hydrogens (tertiary/aromatic N) is 3. The van der Waals surface area contributed by atoms with Gasteiger partial charge < -0.3 is 14.6 Å². The van der Waals surface area contributed by atoms with E-state index >= 15 is 0 Å². The highest BCUT2D eigenvalue weighted by Gasteiger charge is 2.40. The highest BCUT2D eigenvalue weighted by atomic mass is 16.5. The summed E-state index contributed by atoms with van der Waals surface area (Å²) in [6.07, 6.45) is 8.95. The van der Waals surface area contributed by atoms with Gasteiger partial charge in [0.2, 0.25) is 5.88 Å². The Hall–Kier alpha value is -2.21. The summed E-state index contributed by atoms with van der Waals surface area (Å²) in [7, 11) is 1.66. The van der Waals surface area contributed by atoms with Crippen LogP contribution in [0.25, 0.3) is 0 Å². The lowest BCUT2D eigenvalue weighted by Gasteiger charge is -2.36. The second kappa shape index (κ2) is 8.50. The van der Waals surface area contributed by atoms with Crippen molar-refractivity contribution in [2.45, 2.75) is 70.3 Å². The predicted molar refractivity (Wildman–Crippen MR) is 115 cm³/mol. The van der Waals surface area contributed by atoms with Crippen LogP contribution in [0.15, 0.2) is 24.5 Å². The minimum atomic E-state index is -0.607. The molecule has 2 fully saturated rings. The monoisotopic (exact) mass is 411 g/mol. The van der Waals surface area contributed by atoms with Crippen molar-refractivity contribution in [2.24, 2.45) is 11.8 Å². The zero-order valence-electron chi connectivity index (χ0n) is 18.5. The maximum atomic E-state index is 10.3. The van der Waals surface area contributed by atoms with Crippen LogP contribution in [0.3, 0.4) is 0 Å². The van der Waals surface area contributed by atoms with Crippen LogP contribution in [0.2, 0.25) is 0 Å². The zero-order valence-corrected chi connectivity index (χ0v) is 18.5. The molecule has 1 N–H and O–H groups in total. The standard InChI is InChI=1S/C24H33N3O3/c1-15-25-13-21(16-5-7-18(8-6-16)24(2,3)28)23(27-15)30-14-17-11-20(17)22-10-9-19(29-4)12-26-22/h9-10,12-13,16-18,20,28H,5-8,11,14H2,1-4H3/t16?,17?,18?,20-/m1/s1. The molecule has 6 nitrogen and oxygen atoms in total. The number of methoxy groups -OCH3 is 1. The number of ether oxygens (including phenoxy) is 2. The summed E-state index contributed by atoms with van der Waals surface area (Å²) in [5.74, 6) is 3.94.